The maximum Gasteiger partial charge on any atom is 0.232 e. The Hall–Kier alpha value is -1.00. The van der Waals surface area contributed by atoms with Crippen molar-refractivity contribution >= 4 is 17.7 Å². The number of hydrogen-bond donors (Lipinski definition) is 0. The Bertz CT molecular complexity index is 446. The van der Waals surface area contributed by atoms with Crippen LogP contribution in [0.1, 0.15) is 25.0 Å². The van der Waals surface area contributed by atoms with E-state index < -0.39 is 0 Å². The molecule has 3 nitrogen and oxygen atoms in total. The van der Waals surface area contributed by atoms with Gasteiger partial charge in [-0.3, -0.25) is 4.79 Å². The summed E-state index contributed by atoms with van der Waals surface area (Å²) >= 11 is 1.69. The van der Waals surface area contributed by atoms with E-state index in [4.69, 9.17) is 4.74 Å². The number of hydrogen-bond acceptors (Lipinski definition) is 3. The SMILES string of the molecule is Cc1ccc(CSCC(=O)N2CC(C)OCC2C)cc1. The van der Waals surface area contributed by atoms with E-state index in [1.165, 1.54) is 11.1 Å². The van der Waals surface area contributed by atoms with Gasteiger partial charge in [0.05, 0.1) is 24.5 Å². The first-order chi connectivity index (χ1) is 9.56. The van der Waals surface area contributed by atoms with E-state index in [0.29, 0.717) is 18.9 Å². The van der Waals surface area contributed by atoms with Crippen LogP contribution in [0.25, 0.3) is 0 Å². The fourth-order valence-electron chi connectivity index (χ4n) is 2.27. The average molecular weight is 293 g/mol. The molecular weight excluding hydrogens is 270 g/mol. The number of benzene rings is 1. The lowest BCUT2D eigenvalue weighted by molar-refractivity contribution is -0.140. The van der Waals surface area contributed by atoms with Gasteiger partial charge in [-0.1, -0.05) is 29.8 Å². The van der Waals surface area contributed by atoms with Gasteiger partial charge in [0.2, 0.25) is 5.91 Å². The number of nitrogens with zero attached hydrogens (tertiary/aromatic N) is 1. The summed E-state index contributed by atoms with van der Waals surface area (Å²) in [6, 6.07) is 8.68. The molecule has 2 atom stereocenters. The maximum atomic E-state index is 12.2. The minimum absolute atomic E-state index is 0.150. The van der Waals surface area contributed by atoms with Crippen LogP contribution in [0.4, 0.5) is 0 Å². The summed E-state index contributed by atoms with van der Waals surface area (Å²) in [7, 11) is 0. The zero-order valence-electron chi connectivity index (χ0n) is 12.5. The number of carbonyl (C=O) groups excluding carboxylic acids is 1. The van der Waals surface area contributed by atoms with Crippen LogP contribution in [0.5, 0.6) is 0 Å². The molecule has 20 heavy (non-hydrogen) atoms. The molecule has 0 spiro atoms. The number of amides is 1. The van der Waals surface area contributed by atoms with Gasteiger partial charge in [-0.05, 0) is 26.3 Å². The zero-order chi connectivity index (χ0) is 14.5. The molecule has 4 heteroatoms. The molecule has 1 aromatic carbocycles. The first-order valence-electron chi connectivity index (χ1n) is 7.10. The Kier molecular flexibility index (Phi) is 5.49. The summed E-state index contributed by atoms with van der Waals surface area (Å²) in [5, 5.41) is 0. The second-order valence-corrected chi connectivity index (χ2v) is 6.50. The van der Waals surface area contributed by atoms with Crippen molar-refractivity contribution < 1.29 is 9.53 Å². The summed E-state index contributed by atoms with van der Waals surface area (Å²) in [4.78, 5) is 14.2. The molecule has 0 aliphatic carbocycles. The van der Waals surface area contributed by atoms with Gasteiger partial charge in [0.25, 0.3) is 0 Å². The highest BCUT2D eigenvalue weighted by Crippen LogP contribution is 2.17. The van der Waals surface area contributed by atoms with Gasteiger partial charge in [0.15, 0.2) is 0 Å². The van der Waals surface area contributed by atoms with Gasteiger partial charge in [-0.2, -0.15) is 0 Å². The Morgan fingerprint density at radius 1 is 1.35 bits per heavy atom. The van der Waals surface area contributed by atoms with Gasteiger partial charge in [0.1, 0.15) is 0 Å². The van der Waals surface area contributed by atoms with Gasteiger partial charge in [-0.25, -0.2) is 0 Å². The van der Waals surface area contributed by atoms with E-state index in [0.717, 1.165) is 5.75 Å². The van der Waals surface area contributed by atoms with Crippen molar-refractivity contribution in [3.05, 3.63) is 35.4 Å². The molecule has 1 amide bonds. The highest BCUT2D eigenvalue weighted by atomic mass is 32.2. The van der Waals surface area contributed by atoms with Gasteiger partial charge in [0, 0.05) is 12.3 Å². The second-order valence-electron chi connectivity index (χ2n) is 5.52. The van der Waals surface area contributed by atoms with Crippen LogP contribution in [-0.2, 0) is 15.3 Å². The minimum atomic E-state index is 0.150. The standard InChI is InChI=1S/C16H23NO2S/c1-12-4-6-15(7-5-12)10-20-11-16(18)17-8-14(3)19-9-13(17)2/h4-7,13-14H,8-11H2,1-3H3. The quantitative estimate of drug-likeness (QED) is 0.855. The van der Waals surface area contributed by atoms with Crippen molar-refractivity contribution in [3.8, 4) is 0 Å². The monoisotopic (exact) mass is 293 g/mol. The molecule has 0 bridgehead atoms. The fraction of sp³-hybridized carbons (Fsp3) is 0.562. The number of thioether (sulfide) groups is 1. The summed E-state index contributed by atoms with van der Waals surface area (Å²) in [6.45, 7) is 7.52. The van der Waals surface area contributed by atoms with Crippen LogP contribution in [0.15, 0.2) is 24.3 Å². The first-order valence-corrected chi connectivity index (χ1v) is 8.26. The molecule has 1 saturated heterocycles. The lowest BCUT2D eigenvalue weighted by Gasteiger charge is -2.36. The van der Waals surface area contributed by atoms with Crippen molar-refractivity contribution in [2.24, 2.45) is 0 Å². The van der Waals surface area contributed by atoms with E-state index >= 15 is 0 Å². The van der Waals surface area contributed by atoms with Crippen molar-refractivity contribution in [1.29, 1.82) is 0 Å². The molecule has 0 saturated carbocycles. The van der Waals surface area contributed by atoms with Crippen molar-refractivity contribution in [1.82, 2.24) is 4.90 Å². The molecule has 1 aliphatic rings. The summed E-state index contributed by atoms with van der Waals surface area (Å²) in [5.41, 5.74) is 2.54. The first kappa shape index (κ1) is 15.4. The van der Waals surface area contributed by atoms with Crippen LogP contribution in [0.2, 0.25) is 0 Å². The Morgan fingerprint density at radius 2 is 2.05 bits per heavy atom. The van der Waals surface area contributed by atoms with Crippen LogP contribution in [0.3, 0.4) is 0 Å². The number of carbonyl (C=O) groups is 1. The Labute approximate surface area is 125 Å². The van der Waals surface area contributed by atoms with Crippen LogP contribution < -0.4 is 0 Å². The molecule has 0 radical (unpaired) electrons. The maximum absolute atomic E-state index is 12.2. The second kappa shape index (κ2) is 7.14. The number of morpholine rings is 1. The lowest BCUT2D eigenvalue weighted by Crippen LogP contribution is -2.50. The predicted molar refractivity (Wildman–Crippen MR) is 83.9 cm³/mol. The minimum Gasteiger partial charge on any atom is -0.375 e. The molecule has 1 aliphatic heterocycles. The fourth-order valence-corrected chi connectivity index (χ4v) is 3.14. The van der Waals surface area contributed by atoms with Crippen molar-refractivity contribution in [2.75, 3.05) is 18.9 Å². The largest absolute Gasteiger partial charge is 0.375 e. The summed E-state index contributed by atoms with van der Waals surface area (Å²) < 4.78 is 5.55. The van der Waals surface area contributed by atoms with Crippen molar-refractivity contribution in [3.63, 3.8) is 0 Å². The Balaban J connectivity index is 1.78. The third-order valence-corrected chi connectivity index (χ3v) is 4.53. The molecule has 2 unspecified atom stereocenters. The van der Waals surface area contributed by atoms with Crippen LogP contribution in [-0.4, -0.2) is 41.9 Å². The molecular formula is C16H23NO2S. The van der Waals surface area contributed by atoms with Crippen LogP contribution in [0, 0.1) is 6.92 Å². The van der Waals surface area contributed by atoms with Crippen molar-refractivity contribution in [2.45, 2.75) is 38.7 Å². The van der Waals surface area contributed by atoms with E-state index in [9.17, 15) is 4.79 Å². The molecule has 0 aromatic heterocycles. The number of aryl methyl sites for hydroxylation is 1. The molecule has 2 rings (SSSR count). The topological polar surface area (TPSA) is 29.5 Å². The molecule has 1 heterocycles. The normalized spacial score (nSPS) is 22.9. The summed E-state index contributed by atoms with van der Waals surface area (Å²) in [5.74, 6) is 1.66. The third kappa shape index (κ3) is 4.25. The Morgan fingerprint density at radius 3 is 2.75 bits per heavy atom. The molecule has 110 valence electrons. The van der Waals surface area contributed by atoms with Gasteiger partial charge < -0.3 is 9.64 Å². The molecule has 0 N–H and O–H groups in total. The number of ether oxygens (including phenoxy) is 1. The zero-order valence-corrected chi connectivity index (χ0v) is 13.3. The van der Waals surface area contributed by atoms with E-state index in [1.807, 2.05) is 11.8 Å². The third-order valence-electron chi connectivity index (χ3n) is 3.54. The van der Waals surface area contributed by atoms with Gasteiger partial charge in [-0.15, -0.1) is 11.8 Å². The highest BCUT2D eigenvalue weighted by Gasteiger charge is 2.26. The molecule has 1 aromatic rings. The molecule has 1 fully saturated rings. The predicted octanol–water partition coefficient (Wildman–Crippen LogP) is 2.86. The average Bonchev–Trinajstić information content (AvgIpc) is 2.43. The van der Waals surface area contributed by atoms with E-state index in [2.05, 4.69) is 38.1 Å². The van der Waals surface area contributed by atoms with E-state index in [1.54, 1.807) is 11.8 Å². The van der Waals surface area contributed by atoms with Gasteiger partial charge >= 0.3 is 0 Å². The van der Waals surface area contributed by atoms with E-state index in [-0.39, 0.29) is 18.1 Å². The lowest BCUT2D eigenvalue weighted by atomic mass is 10.2. The number of rotatable bonds is 4. The smallest absolute Gasteiger partial charge is 0.232 e. The van der Waals surface area contributed by atoms with Crippen LogP contribution >= 0.6 is 11.8 Å². The highest BCUT2D eigenvalue weighted by molar-refractivity contribution is 7.99. The summed E-state index contributed by atoms with van der Waals surface area (Å²) in [6.07, 6.45) is 0.150.